The molecule has 22 heteroatoms. The van der Waals surface area contributed by atoms with Crippen LogP contribution in [0, 0.1) is 0 Å². The Hall–Kier alpha value is -11.0. The number of fused-ring (bicyclic) bond motifs is 2. The van der Waals surface area contributed by atoms with Gasteiger partial charge in [0.15, 0.2) is 28.8 Å². The Bertz CT molecular complexity index is 3450. The molecule has 7 aromatic carbocycles. The van der Waals surface area contributed by atoms with E-state index in [0.717, 1.165) is 41.5 Å². The van der Waals surface area contributed by atoms with Gasteiger partial charge in [0.1, 0.15) is 79.9 Å². The number of carbonyl (C=O) groups excluding carboxylic acids is 1. The standard InChI is InChI=1S/C15H10O6.C15H12O5.C9H8O3.C7H6O5.C7H6O3/c16-8-3-1-7(2-4-8)15-14(20)13(19)12-10(18)5-9(17)6-11(12)21-15;16-9-3-1-8(2-4-9)13-7-12(19)15-11(18)5-10(17)6-14(15)20-13;10-8-4-1-7(2-5-8)3-6-9(11)12;8-4-1-3(7(11)12)2-5(9)6(4)10;8-6-4-2-1-3-5(6)7(9)10/h1-6,16-18,20H;1-6,13,16-18H,7H2;1-6,10H,(H,11,12);1-2,8-10H,(H,11,12);1-4,8H,(H,9,10)/b;;6-3+;;. The second-order valence-electron chi connectivity index (χ2n) is 15.4. The van der Waals surface area contributed by atoms with Gasteiger partial charge in [-0.2, -0.15) is 0 Å². The number of phenolic OH excluding ortho intramolecular Hbond substituents is 10. The zero-order valence-corrected chi connectivity index (χ0v) is 38.2. The number of carboxylic acids is 3. The predicted molar refractivity (Wildman–Crippen MR) is 263 cm³/mol. The lowest BCUT2D eigenvalue weighted by atomic mass is 9.95. The fourth-order valence-corrected chi connectivity index (χ4v) is 6.52. The van der Waals surface area contributed by atoms with Crippen molar-refractivity contribution >= 4 is 40.7 Å². The minimum absolute atomic E-state index is 0.0247. The molecule has 1 aliphatic rings. The fourth-order valence-electron chi connectivity index (χ4n) is 6.52. The Balaban J connectivity index is 0.000000179. The molecule has 1 atom stereocenters. The number of ether oxygens (including phenoxy) is 1. The van der Waals surface area contributed by atoms with Crippen molar-refractivity contribution in [1.82, 2.24) is 0 Å². The summed E-state index contributed by atoms with van der Waals surface area (Å²) in [6, 6.07) is 30.4. The molecule has 386 valence electrons. The van der Waals surface area contributed by atoms with Crippen LogP contribution in [0.3, 0.4) is 0 Å². The van der Waals surface area contributed by atoms with Crippen LogP contribution in [0.1, 0.15) is 54.7 Å². The van der Waals surface area contributed by atoms with Gasteiger partial charge >= 0.3 is 17.9 Å². The molecule has 0 radical (unpaired) electrons. The third kappa shape index (κ3) is 14.5. The molecule has 22 nitrogen and oxygen atoms in total. The number of carbonyl (C=O) groups is 4. The van der Waals surface area contributed by atoms with Crippen molar-refractivity contribution in [2.75, 3.05) is 0 Å². The topological polar surface area (TPSA) is 411 Å². The summed E-state index contributed by atoms with van der Waals surface area (Å²) < 4.78 is 11.1. The molecule has 0 amide bonds. The Morgan fingerprint density at radius 3 is 1.59 bits per heavy atom. The average molecular weight is 1030 g/mol. The van der Waals surface area contributed by atoms with Crippen LogP contribution in [-0.2, 0) is 4.79 Å². The number of benzene rings is 7. The first-order valence-electron chi connectivity index (χ1n) is 21.2. The third-order valence-corrected chi connectivity index (χ3v) is 10.1. The molecule has 1 aliphatic heterocycles. The van der Waals surface area contributed by atoms with Gasteiger partial charge in [-0.25, -0.2) is 14.4 Å². The normalized spacial score (nSPS) is 12.1. The molecule has 0 spiro atoms. The summed E-state index contributed by atoms with van der Waals surface area (Å²) in [5.74, 6) is -7.36. The molecule has 0 saturated heterocycles. The number of ketones is 1. The highest BCUT2D eigenvalue weighted by Gasteiger charge is 2.31. The minimum Gasteiger partial charge on any atom is -0.508 e. The Morgan fingerprint density at radius 2 is 1.05 bits per heavy atom. The van der Waals surface area contributed by atoms with E-state index >= 15 is 0 Å². The van der Waals surface area contributed by atoms with Crippen molar-refractivity contribution in [1.29, 1.82) is 0 Å². The quantitative estimate of drug-likeness (QED) is 0.0556. The van der Waals surface area contributed by atoms with E-state index < -0.39 is 58.2 Å². The zero-order valence-electron chi connectivity index (χ0n) is 38.2. The summed E-state index contributed by atoms with van der Waals surface area (Å²) >= 11 is 0. The number of aromatic hydroxyl groups is 12. The van der Waals surface area contributed by atoms with E-state index in [1.807, 2.05) is 0 Å². The second-order valence-corrected chi connectivity index (χ2v) is 15.4. The van der Waals surface area contributed by atoms with Gasteiger partial charge in [-0.3, -0.25) is 9.59 Å². The number of Topliss-reactive ketones (excluding diaryl/α,β-unsaturated/α-hetero) is 1. The van der Waals surface area contributed by atoms with E-state index in [2.05, 4.69) is 0 Å². The van der Waals surface area contributed by atoms with Crippen LogP contribution in [0.4, 0.5) is 0 Å². The lowest BCUT2D eigenvalue weighted by Gasteiger charge is -2.26. The van der Waals surface area contributed by atoms with Gasteiger partial charge in [0.05, 0.1) is 12.0 Å². The molecule has 0 aliphatic carbocycles. The van der Waals surface area contributed by atoms with Crippen LogP contribution in [0.2, 0.25) is 0 Å². The molecule has 8 aromatic rings. The smallest absolute Gasteiger partial charge is 0.339 e. The molecule has 0 saturated carbocycles. The number of para-hydroxylation sites is 1. The van der Waals surface area contributed by atoms with Gasteiger partial charge in [0.2, 0.25) is 11.2 Å². The zero-order chi connectivity index (χ0) is 55.3. The largest absolute Gasteiger partial charge is 0.508 e. The third-order valence-electron chi connectivity index (χ3n) is 10.1. The van der Waals surface area contributed by atoms with E-state index in [-0.39, 0.29) is 91.6 Å². The van der Waals surface area contributed by atoms with E-state index in [0.29, 0.717) is 5.56 Å². The highest BCUT2D eigenvalue weighted by molar-refractivity contribution is 6.02. The molecule has 0 fully saturated rings. The summed E-state index contributed by atoms with van der Waals surface area (Å²) in [5, 5.41) is 136. The molecular formula is C53H42O22. The van der Waals surface area contributed by atoms with Crippen LogP contribution >= 0.6 is 0 Å². The minimum atomic E-state index is -1.29. The molecule has 15 N–H and O–H groups in total. The van der Waals surface area contributed by atoms with Crippen molar-refractivity contribution in [2.45, 2.75) is 12.5 Å². The number of rotatable bonds is 6. The van der Waals surface area contributed by atoms with Crippen molar-refractivity contribution in [3.05, 3.63) is 178 Å². The summed E-state index contributed by atoms with van der Waals surface area (Å²) in [7, 11) is 0. The maximum Gasteiger partial charge on any atom is 0.339 e. The molecule has 1 unspecified atom stereocenters. The van der Waals surface area contributed by atoms with Crippen LogP contribution in [0.5, 0.6) is 74.7 Å². The van der Waals surface area contributed by atoms with Gasteiger partial charge in [-0.1, -0.05) is 36.4 Å². The second kappa shape index (κ2) is 24.2. The first-order valence-corrected chi connectivity index (χ1v) is 21.2. The molecule has 2 heterocycles. The van der Waals surface area contributed by atoms with Crippen LogP contribution in [-0.4, -0.2) is 100 Å². The number of phenols is 11. The monoisotopic (exact) mass is 1030 g/mol. The van der Waals surface area contributed by atoms with Crippen molar-refractivity contribution < 1.29 is 105 Å². The fraction of sp³-hybridized carbons (Fsp3) is 0.0377. The summed E-state index contributed by atoms with van der Waals surface area (Å²) in [5.41, 5.74) is 0.727. The maximum atomic E-state index is 12.1. The maximum absolute atomic E-state index is 12.1. The van der Waals surface area contributed by atoms with Gasteiger partial charge < -0.3 is 85.8 Å². The number of hydrogen-bond acceptors (Lipinski definition) is 19. The van der Waals surface area contributed by atoms with Gasteiger partial charge in [0, 0.05) is 35.9 Å². The van der Waals surface area contributed by atoms with E-state index in [1.54, 1.807) is 36.4 Å². The lowest BCUT2D eigenvalue weighted by molar-refractivity contribution is -0.131. The first kappa shape index (κ1) is 54.9. The van der Waals surface area contributed by atoms with E-state index in [4.69, 9.17) is 50.0 Å². The highest BCUT2D eigenvalue weighted by atomic mass is 16.5. The Morgan fingerprint density at radius 1 is 0.520 bits per heavy atom. The van der Waals surface area contributed by atoms with Gasteiger partial charge in [-0.05, 0) is 90.0 Å². The van der Waals surface area contributed by atoms with Crippen LogP contribution in [0.15, 0.2) is 149 Å². The van der Waals surface area contributed by atoms with Crippen LogP contribution in [0.25, 0.3) is 28.4 Å². The lowest BCUT2D eigenvalue weighted by Crippen LogP contribution is -2.20. The summed E-state index contributed by atoms with van der Waals surface area (Å²) in [6.45, 7) is 0. The molecular weight excluding hydrogens is 989 g/mol. The van der Waals surface area contributed by atoms with Crippen molar-refractivity contribution in [2.24, 2.45) is 0 Å². The number of aliphatic carboxylic acids is 1. The average Bonchev–Trinajstić information content (AvgIpc) is 3.35. The molecule has 9 rings (SSSR count). The number of carboxylic acid groups (broad SMARTS) is 3. The number of aromatic carboxylic acids is 2. The number of hydrogen-bond donors (Lipinski definition) is 15. The summed E-state index contributed by atoms with van der Waals surface area (Å²) in [4.78, 5) is 54.9. The Kier molecular flexibility index (Phi) is 17.7. The molecule has 1 aromatic heterocycles. The SMILES string of the molecule is O=C(O)/C=C/c1ccc(O)cc1.O=C(O)c1cc(O)c(O)c(O)c1.O=C(O)c1ccccc1O.O=C1CC(c2ccc(O)cc2)Oc2cc(O)cc(O)c21.O=c1c(O)c(-c2ccc(O)cc2)oc2cc(O)cc(O)c12. The highest BCUT2D eigenvalue weighted by Crippen LogP contribution is 2.42. The molecule has 75 heavy (non-hydrogen) atoms. The Labute approximate surface area is 420 Å². The van der Waals surface area contributed by atoms with Crippen LogP contribution < -0.4 is 10.2 Å². The first-order chi connectivity index (χ1) is 35.4. The van der Waals surface area contributed by atoms with Gasteiger partial charge in [-0.15, -0.1) is 0 Å². The summed E-state index contributed by atoms with van der Waals surface area (Å²) in [6.07, 6.45) is 2.10. The predicted octanol–water partition coefficient (Wildman–Crippen LogP) is 7.87. The van der Waals surface area contributed by atoms with Gasteiger partial charge in [0.25, 0.3) is 0 Å². The van der Waals surface area contributed by atoms with E-state index in [1.165, 1.54) is 78.9 Å². The van der Waals surface area contributed by atoms with Crippen molar-refractivity contribution in [3.8, 4) is 86.1 Å². The van der Waals surface area contributed by atoms with Crippen molar-refractivity contribution in [3.63, 3.8) is 0 Å². The van der Waals surface area contributed by atoms with E-state index in [9.17, 15) is 59.7 Å². The molecule has 0 bridgehead atoms.